The molecule has 10 heteroatoms. The molecule has 0 bridgehead atoms. The van der Waals surface area contributed by atoms with Gasteiger partial charge in [-0.05, 0) is 141 Å². The minimum absolute atomic E-state index is 0.373. The average Bonchev–Trinajstić information content (AvgIpc) is 3.94. The number of allylic oxidation sites excluding steroid dienone is 3. The van der Waals surface area contributed by atoms with E-state index in [-0.39, 0.29) is 11.1 Å². The molecule has 9 nitrogen and oxygen atoms in total. The van der Waals surface area contributed by atoms with Gasteiger partial charge in [0.25, 0.3) is 0 Å². The monoisotopic (exact) mass is 1020 g/mol. The first-order chi connectivity index (χ1) is 37.5. The molecular formula is C67H45N5O4S. The summed E-state index contributed by atoms with van der Waals surface area (Å²) in [6, 6.07) is 69.0. The highest BCUT2D eigenvalue weighted by atomic mass is 32.1. The number of carbonyl (C=O) groups is 2. The molecule has 0 aliphatic heterocycles. The number of rotatable bonds is 17. The first-order valence-electron chi connectivity index (χ1n) is 24.0. The molecule has 8 rings (SSSR count). The topological polar surface area (TPSA) is 154 Å². The van der Waals surface area contributed by atoms with Crippen molar-refractivity contribution < 1.29 is 19.8 Å². The zero-order valence-electron chi connectivity index (χ0n) is 41.4. The highest BCUT2D eigenvalue weighted by Crippen LogP contribution is 2.37. The number of benzene rings is 7. The molecule has 1 aromatic heterocycles. The molecule has 0 aliphatic carbocycles. The van der Waals surface area contributed by atoms with Gasteiger partial charge in [0.2, 0.25) is 0 Å². The van der Waals surface area contributed by atoms with E-state index in [1.807, 2.05) is 72.8 Å². The van der Waals surface area contributed by atoms with Gasteiger partial charge in [-0.2, -0.15) is 15.8 Å². The Hall–Kier alpha value is -10.9. The first kappa shape index (κ1) is 52.4. The van der Waals surface area contributed by atoms with Gasteiger partial charge in [0.05, 0.1) is 12.1 Å². The van der Waals surface area contributed by atoms with Crippen molar-refractivity contribution in [3.63, 3.8) is 0 Å². The van der Waals surface area contributed by atoms with E-state index in [0.717, 1.165) is 67.2 Å². The molecule has 0 saturated carbocycles. The van der Waals surface area contributed by atoms with Crippen molar-refractivity contribution in [3.05, 3.63) is 288 Å². The molecule has 2 N–H and O–H groups in total. The Labute approximate surface area is 451 Å². The minimum atomic E-state index is -1.31. The second kappa shape index (κ2) is 25.2. The highest BCUT2D eigenvalue weighted by Gasteiger charge is 2.15. The van der Waals surface area contributed by atoms with Crippen LogP contribution in [0.25, 0.3) is 64.2 Å². The fraction of sp³-hybridized carbons (Fsp3) is 0.0149. The van der Waals surface area contributed by atoms with E-state index in [9.17, 15) is 30.3 Å². The lowest BCUT2D eigenvalue weighted by molar-refractivity contribution is -0.133. The van der Waals surface area contributed by atoms with Crippen molar-refractivity contribution >= 4 is 99.7 Å². The fourth-order valence-corrected chi connectivity index (χ4v) is 9.12. The van der Waals surface area contributed by atoms with Crippen LogP contribution in [0.15, 0.2) is 217 Å². The third-order valence-electron chi connectivity index (χ3n) is 12.0. The van der Waals surface area contributed by atoms with Crippen molar-refractivity contribution in [1.82, 2.24) is 0 Å². The van der Waals surface area contributed by atoms with E-state index in [1.54, 1.807) is 60.7 Å². The summed E-state index contributed by atoms with van der Waals surface area (Å²) in [6.07, 6.45) is 14.6. The number of thiophene rings is 1. The Kier molecular flexibility index (Phi) is 17.1. The van der Waals surface area contributed by atoms with Gasteiger partial charge >= 0.3 is 11.9 Å². The second-order valence-corrected chi connectivity index (χ2v) is 18.5. The normalized spacial score (nSPS) is 11.9. The van der Waals surface area contributed by atoms with Gasteiger partial charge in [-0.3, -0.25) is 0 Å². The van der Waals surface area contributed by atoms with Crippen LogP contribution >= 0.6 is 11.3 Å². The maximum absolute atomic E-state index is 11.4. The maximum Gasteiger partial charge on any atom is 0.346 e. The van der Waals surface area contributed by atoms with Crippen molar-refractivity contribution in [2.45, 2.75) is 6.92 Å². The van der Waals surface area contributed by atoms with Crippen LogP contribution in [0.4, 0.5) is 17.1 Å². The average molecular weight is 1020 g/mol. The number of nitrogens with zero attached hydrogens (tertiary/aromatic N) is 5. The molecular weight excluding hydrogens is 971 g/mol. The van der Waals surface area contributed by atoms with Crippen molar-refractivity contribution in [1.29, 1.82) is 15.8 Å². The molecule has 1 heterocycles. The Balaban J connectivity index is 1.05. The van der Waals surface area contributed by atoms with E-state index in [1.165, 1.54) is 23.5 Å². The lowest BCUT2D eigenvalue weighted by Crippen LogP contribution is -2.09. The molecule has 77 heavy (non-hydrogen) atoms. The number of hydrogen-bond acceptors (Lipinski definition) is 7. The molecule has 0 atom stereocenters. The number of nitriles is 3. The molecule has 368 valence electrons. The summed E-state index contributed by atoms with van der Waals surface area (Å²) in [5.41, 5.74) is 13.1. The smallest absolute Gasteiger partial charge is 0.346 e. The van der Waals surface area contributed by atoms with Crippen LogP contribution in [-0.4, -0.2) is 22.2 Å². The first-order valence-corrected chi connectivity index (χ1v) is 24.8. The van der Waals surface area contributed by atoms with Gasteiger partial charge in [-0.1, -0.05) is 170 Å². The summed E-state index contributed by atoms with van der Waals surface area (Å²) in [6.45, 7) is 9.91. The summed E-state index contributed by atoms with van der Waals surface area (Å²) in [7, 11) is 0. The summed E-state index contributed by atoms with van der Waals surface area (Å²) in [5, 5.41) is 47.0. The van der Waals surface area contributed by atoms with Crippen LogP contribution in [0.1, 0.15) is 66.7 Å². The van der Waals surface area contributed by atoms with Crippen LogP contribution in [0.3, 0.4) is 0 Å². The number of anilines is 3. The van der Waals surface area contributed by atoms with Crippen LogP contribution in [0.5, 0.6) is 0 Å². The Bertz CT molecular complexity index is 3810. The molecule has 7 aromatic carbocycles. The van der Waals surface area contributed by atoms with Gasteiger partial charge in [-0.15, -0.1) is 11.3 Å². The highest BCUT2D eigenvalue weighted by molar-refractivity contribution is 7.14. The van der Waals surface area contributed by atoms with Gasteiger partial charge in [-0.25, -0.2) is 14.4 Å². The predicted molar refractivity (Wildman–Crippen MR) is 311 cm³/mol. The Morgan fingerprint density at radius 2 is 0.922 bits per heavy atom. The summed E-state index contributed by atoms with van der Waals surface area (Å²) >= 11 is 1.23. The zero-order valence-corrected chi connectivity index (χ0v) is 42.3. The molecule has 0 saturated heterocycles. The van der Waals surface area contributed by atoms with E-state index >= 15 is 0 Å². The number of carboxylic acids is 2. The third-order valence-corrected chi connectivity index (χ3v) is 13.1. The number of hydrogen-bond donors (Lipinski definition) is 2. The van der Waals surface area contributed by atoms with Crippen molar-refractivity contribution in [2.75, 3.05) is 4.90 Å². The van der Waals surface area contributed by atoms with E-state index in [0.29, 0.717) is 32.2 Å². The van der Waals surface area contributed by atoms with Crippen LogP contribution in [-0.2, 0) is 9.59 Å². The third kappa shape index (κ3) is 13.8. The zero-order chi connectivity index (χ0) is 54.1. The molecule has 0 fully saturated rings. The molecule has 0 spiro atoms. The molecule has 0 radical (unpaired) electrons. The Morgan fingerprint density at radius 3 is 1.40 bits per heavy atom. The quantitative estimate of drug-likeness (QED) is 0.0300. The van der Waals surface area contributed by atoms with E-state index in [2.05, 4.69) is 132 Å². The molecule has 0 amide bonds. The molecule has 0 unspecified atom stereocenters. The largest absolute Gasteiger partial charge is 0.477 e. The lowest BCUT2D eigenvalue weighted by Gasteiger charge is -2.26. The minimum Gasteiger partial charge on any atom is -0.477 e. The molecule has 0 aliphatic rings. The van der Waals surface area contributed by atoms with Crippen molar-refractivity contribution in [3.8, 4) is 18.2 Å². The van der Waals surface area contributed by atoms with E-state index in [4.69, 9.17) is 11.8 Å². The van der Waals surface area contributed by atoms with Gasteiger partial charge in [0, 0.05) is 26.8 Å². The second-order valence-electron chi connectivity index (χ2n) is 17.4. The van der Waals surface area contributed by atoms with Crippen molar-refractivity contribution in [2.24, 2.45) is 0 Å². The van der Waals surface area contributed by atoms with Crippen LogP contribution in [0, 0.1) is 40.6 Å². The molecule has 8 aromatic rings. The number of carboxylic acid groups (broad SMARTS) is 2. The van der Waals surface area contributed by atoms with Crippen LogP contribution in [0.2, 0.25) is 0 Å². The van der Waals surface area contributed by atoms with Crippen LogP contribution < -0.4 is 4.90 Å². The number of aliphatic carboxylic acids is 2. The van der Waals surface area contributed by atoms with Gasteiger partial charge in [0.1, 0.15) is 29.4 Å². The maximum atomic E-state index is 11.4. The van der Waals surface area contributed by atoms with Gasteiger partial charge in [0.15, 0.2) is 5.70 Å². The SMILES string of the molecule is [C-]#[N+]C(=Cc1ccc(C=Cc2ccc(N(c3ccc(C=C(C)C=C(c4ccccc4)c4ccccc4)cc3)c3ccc(C=C(C#N)c4ccc(C=C(C#N)C(=O)O)s4)cc3)cc2)cc1)c1ccc(C=C(C#N)C(=O)O)cc1. The van der Waals surface area contributed by atoms with E-state index < -0.39 is 11.9 Å². The standard InChI is InChI=1S/C67H45N5O4S/c1-46(38-63(53-9-5-3-6-10-53)54-11-7-4-8-12-54)37-49-23-31-60(32-24-49)72(61-33-25-51(26-34-61)39-56(43-68)65-36-35-62(77-65)42-58(45-70)67(75)76)59-29-21-48(22-30-59)14-13-47-15-17-52(18-16-47)41-64(71-2)55-27-19-50(20-28-55)40-57(44-69)66(73)74/h3-42H,1H3,(H,73,74)(H,75,76). The summed E-state index contributed by atoms with van der Waals surface area (Å²) in [5.74, 6) is -2.61. The summed E-state index contributed by atoms with van der Waals surface area (Å²) < 4.78 is 0. The van der Waals surface area contributed by atoms with Gasteiger partial charge < -0.3 is 15.1 Å². The summed E-state index contributed by atoms with van der Waals surface area (Å²) in [4.78, 5) is 29.7. The lowest BCUT2D eigenvalue weighted by atomic mass is 9.95. The Morgan fingerprint density at radius 1 is 0.494 bits per heavy atom. The fourth-order valence-electron chi connectivity index (χ4n) is 8.20. The predicted octanol–water partition coefficient (Wildman–Crippen LogP) is 16.4.